The number of aliphatic hydroxyl groups is 1. The van der Waals surface area contributed by atoms with Gasteiger partial charge in [0, 0.05) is 11.8 Å². The highest BCUT2D eigenvalue weighted by atomic mass is 19.1. The van der Waals surface area contributed by atoms with Gasteiger partial charge in [0.2, 0.25) is 0 Å². The second-order valence-corrected chi connectivity index (χ2v) is 3.84. The van der Waals surface area contributed by atoms with Gasteiger partial charge in [0.05, 0.1) is 6.61 Å². The highest BCUT2D eigenvalue weighted by Crippen LogP contribution is 2.28. The smallest absolute Gasteiger partial charge is 0.352 e. The summed E-state index contributed by atoms with van der Waals surface area (Å²) >= 11 is 0. The molecule has 0 saturated heterocycles. The molecule has 0 saturated carbocycles. The van der Waals surface area contributed by atoms with E-state index in [1.54, 1.807) is 12.4 Å². The number of aromatic nitrogens is 2. The molecule has 98 valence electrons. The highest BCUT2D eigenvalue weighted by Gasteiger charge is 2.29. The number of nitrogens with one attached hydrogen (secondary N) is 1. The number of halogens is 1. The van der Waals surface area contributed by atoms with Gasteiger partial charge in [-0.1, -0.05) is 0 Å². The van der Waals surface area contributed by atoms with Gasteiger partial charge < -0.3 is 9.84 Å². The van der Waals surface area contributed by atoms with Crippen molar-refractivity contribution in [1.82, 2.24) is 9.55 Å². The van der Waals surface area contributed by atoms with Crippen LogP contribution in [-0.4, -0.2) is 32.6 Å². The molecule has 2 rings (SSSR count). The molecule has 0 aromatic carbocycles. The number of ether oxygens (including phenoxy) is 1. The maximum absolute atomic E-state index is 13.6. The average molecular weight is 257 g/mol. The average Bonchev–Trinajstić information content (AvgIpc) is 2.73. The molecule has 1 aromatic heterocycles. The van der Waals surface area contributed by atoms with Crippen molar-refractivity contribution in [3.63, 3.8) is 0 Å². The molecule has 7 nitrogen and oxygen atoms in total. The first-order chi connectivity index (χ1) is 8.56. The lowest BCUT2D eigenvalue weighted by atomic mass is 10.3. The zero-order valence-electron chi connectivity index (χ0n) is 9.50. The summed E-state index contributed by atoms with van der Waals surface area (Å²) in [6.07, 6.45) is 0.405. The zero-order valence-corrected chi connectivity index (χ0v) is 9.50. The molecule has 0 aliphatic carbocycles. The Balaban J connectivity index is 2.39. The number of rotatable bonds is 3. The quantitative estimate of drug-likeness (QED) is 0.664. The molecule has 8 heteroatoms. The van der Waals surface area contributed by atoms with Crippen molar-refractivity contribution in [3.05, 3.63) is 34.1 Å². The third kappa shape index (κ3) is 2.13. The fourth-order valence-corrected chi connectivity index (χ4v) is 1.67. The van der Waals surface area contributed by atoms with Crippen LogP contribution in [0, 0.1) is 6.92 Å². The van der Waals surface area contributed by atoms with Crippen molar-refractivity contribution in [2.24, 2.45) is 0 Å². The Morgan fingerprint density at radius 2 is 2.39 bits per heavy atom. The fourth-order valence-electron chi connectivity index (χ4n) is 1.67. The van der Waals surface area contributed by atoms with E-state index in [0.29, 0.717) is 5.56 Å². The van der Waals surface area contributed by atoms with Gasteiger partial charge in [-0.25, -0.2) is 9.18 Å². The first-order valence-electron chi connectivity index (χ1n) is 5.20. The summed E-state index contributed by atoms with van der Waals surface area (Å²) in [6.45, 7) is 1.21. The monoisotopic (exact) mass is 257 g/mol. The van der Waals surface area contributed by atoms with Crippen LogP contribution in [0.3, 0.4) is 0 Å². The second-order valence-electron chi connectivity index (χ2n) is 3.84. The lowest BCUT2D eigenvalue weighted by molar-refractivity contribution is -0.0214. The van der Waals surface area contributed by atoms with Crippen molar-refractivity contribution < 1.29 is 19.4 Å². The predicted molar refractivity (Wildman–Crippen MR) is 58.8 cm³/mol. The topological polar surface area (TPSA) is 96.6 Å². The van der Waals surface area contributed by atoms with E-state index in [1.807, 2.05) is 0 Å². The molecule has 18 heavy (non-hydrogen) atoms. The minimum Gasteiger partial charge on any atom is -0.393 e. The van der Waals surface area contributed by atoms with E-state index in [9.17, 15) is 9.18 Å². The van der Waals surface area contributed by atoms with Gasteiger partial charge in [-0.05, 0) is 13.0 Å². The molecule has 0 unspecified atom stereocenters. The van der Waals surface area contributed by atoms with E-state index < -0.39 is 23.8 Å². The summed E-state index contributed by atoms with van der Waals surface area (Å²) in [6, 6.07) is 0. The molecular weight excluding hydrogens is 245 g/mol. The van der Waals surface area contributed by atoms with Crippen LogP contribution in [0.1, 0.15) is 11.8 Å². The number of anilines is 1. The number of hydrogen-bond donors (Lipinski definition) is 3. The second kappa shape index (κ2) is 4.84. The van der Waals surface area contributed by atoms with E-state index >= 15 is 0 Å². The maximum Gasteiger partial charge on any atom is 0.352 e. The van der Waals surface area contributed by atoms with Crippen molar-refractivity contribution >= 4 is 5.82 Å². The molecule has 1 aromatic rings. The van der Waals surface area contributed by atoms with Gasteiger partial charge in [0.25, 0.3) is 0 Å². The van der Waals surface area contributed by atoms with Crippen molar-refractivity contribution in [3.8, 4) is 0 Å². The number of aliphatic hydroxyl groups excluding tert-OH is 1. The van der Waals surface area contributed by atoms with Crippen LogP contribution in [-0.2, 0) is 4.74 Å². The summed E-state index contributed by atoms with van der Waals surface area (Å²) in [4.78, 5) is 15.2. The third-order valence-corrected chi connectivity index (χ3v) is 2.56. The molecule has 2 atom stereocenters. The molecule has 2 heterocycles. The van der Waals surface area contributed by atoms with Gasteiger partial charge in [-0.15, -0.1) is 0 Å². The normalized spacial score (nSPS) is 23.0. The van der Waals surface area contributed by atoms with Crippen LogP contribution in [0.5, 0.6) is 0 Å². The summed E-state index contributed by atoms with van der Waals surface area (Å²) in [5.41, 5.74) is 1.44. The fraction of sp³-hybridized carbons (Fsp3) is 0.400. The molecule has 0 radical (unpaired) electrons. The first kappa shape index (κ1) is 12.7. The molecular formula is C10H12FN3O4. The Labute approximate surface area is 101 Å². The Kier molecular flexibility index (Phi) is 3.41. The van der Waals surface area contributed by atoms with Gasteiger partial charge in [-0.2, -0.15) is 4.98 Å². The van der Waals surface area contributed by atoms with Crippen LogP contribution in [0.4, 0.5) is 10.2 Å². The van der Waals surface area contributed by atoms with E-state index in [4.69, 9.17) is 15.1 Å². The molecule has 0 amide bonds. The van der Waals surface area contributed by atoms with E-state index in [0.717, 1.165) is 10.6 Å². The van der Waals surface area contributed by atoms with Crippen molar-refractivity contribution in [1.29, 1.82) is 0 Å². The zero-order chi connectivity index (χ0) is 13.3. The first-order valence-corrected chi connectivity index (χ1v) is 5.20. The lowest BCUT2D eigenvalue weighted by Gasteiger charge is -2.16. The molecule has 0 fully saturated rings. The Bertz CT molecular complexity index is 542. The number of nitrogens with zero attached hydrogens (tertiary/aromatic N) is 2. The summed E-state index contributed by atoms with van der Waals surface area (Å²) in [5, 5.41) is 17.6. The van der Waals surface area contributed by atoms with Crippen LogP contribution in [0.25, 0.3) is 0 Å². The summed E-state index contributed by atoms with van der Waals surface area (Å²) in [5.74, 6) is -0.667. The maximum atomic E-state index is 13.6. The molecule has 1 aliphatic rings. The van der Waals surface area contributed by atoms with Crippen LogP contribution >= 0.6 is 0 Å². The molecule has 0 spiro atoms. The van der Waals surface area contributed by atoms with Gasteiger partial charge in [-0.3, -0.25) is 15.3 Å². The predicted octanol–water partition coefficient (Wildman–Crippen LogP) is 0.0959. The third-order valence-electron chi connectivity index (χ3n) is 2.56. The van der Waals surface area contributed by atoms with E-state index in [-0.39, 0.29) is 12.4 Å². The Morgan fingerprint density at radius 1 is 1.67 bits per heavy atom. The van der Waals surface area contributed by atoms with Crippen LogP contribution < -0.4 is 11.2 Å². The van der Waals surface area contributed by atoms with Gasteiger partial charge in [0.15, 0.2) is 12.0 Å². The lowest BCUT2D eigenvalue weighted by Crippen LogP contribution is -2.29. The summed E-state index contributed by atoms with van der Waals surface area (Å²) < 4.78 is 19.7. The minimum atomic E-state index is -1.23. The van der Waals surface area contributed by atoms with Crippen molar-refractivity contribution in [2.45, 2.75) is 19.3 Å². The van der Waals surface area contributed by atoms with E-state index in [2.05, 4.69) is 4.98 Å². The van der Waals surface area contributed by atoms with Gasteiger partial charge >= 0.3 is 5.69 Å². The van der Waals surface area contributed by atoms with E-state index in [1.165, 1.54) is 6.20 Å². The van der Waals surface area contributed by atoms with Crippen molar-refractivity contribution in [2.75, 3.05) is 12.1 Å². The SMILES string of the molecule is Cc1cn([C@@H]2O[C@H](CO)C=C2F)c(=O)nc1NO. The number of aryl methyl sites for hydroxylation is 1. The molecule has 1 aliphatic heterocycles. The standard InChI is InChI=1S/C10H12FN3O4/c1-5-3-14(10(16)12-8(5)13-17)9-7(11)2-6(4-15)18-9/h2-3,6,9,15,17H,4H2,1H3,(H,12,13,16)/t6-,9+/m0/s1. The van der Waals surface area contributed by atoms with Gasteiger partial charge in [0.1, 0.15) is 11.9 Å². The summed E-state index contributed by atoms with van der Waals surface area (Å²) in [7, 11) is 0. The molecule has 0 bridgehead atoms. The van der Waals surface area contributed by atoms with Crippen LogP contribution in [0.2, 0.25) is 0 Å². The Morgan fingerprint density at radius 3 is 2.94 bits per heavy atom. The molecule has 3 N–H and O–H groups in total. The Hall–Kier alpha value is -1.77. The van der Waals surface area contributed by atoms with Crippen LogP contribution in [0.15, 0.2) is 22.9 Å². The largest absolute Gasteiger partial charge is 0.393 e. The minimum absolute atomic E-state index is 0.00246. The number of hydrogen-bond acceptors (Lipinski definition) is 6. The highest BCUT2D eigenvalue weighted by molar-refractivity contribution is 5.38.